The van der Waals surface area contributed by atoms with E-state index in [-0.39, 0.29) is 33.5 Å². The predicted octanol–water partition coefficient (Wildman–Crippen LogP) is 3.44. The van der Waals surface area contributed by atoms with Crippen molar-refractivity contribution in [1.82, 2.24) is 4.90 Å². The molecule has 23 heavy (non-hydrogen) atoms. The van der Waals surface area contributed by atoms with Crippen molar-refractivity contribution in [2.24, 2.45) is 0 Å². The Kier molecular flexibility index (Phi) is 5.05. The van der Waals surface area contributed by atoms with E-state index in [4.69, 9.17) is 4.74 Å². The van der Waals surface area contributed by atoms with E-state index in [1.54, 1.807) is 13.0 Å². The van der Waals surface area contributed by atoms with Gasteiger partial charge in [0.05, 0.1) is 16.9 Å². The molecule has 1 aliphatic heterocycles. The van der Waals surface area contributed by atoms with Crippen LogP contribution in [0.15, 0.2) is 23.1 Å². The molecule has 0 spiro atoms. The van der Waals surface area contributed by atoms with Crippen molar-refractivity contribution >= 4 is 34.7 Å². The molecule has 0 aliphatic carbocycles. The van der Waals surface area contributed by atoms with E-state index in [9.17, 15) is 19.7 Å². The lowest BCUT2D eigenvalue weighted by atomic mass is 10.1. The van der Waals surface area contributed by atoms with Crippen LogP contribution in [-0.4, -0.2) is 34.1 Å². The molecule has 1 aromatic rings. The van der Waals surface area contributed by atoms with E-state index >= 15 is 0 Å². The maximum absolute atomic E-state index is 12.3. The van der Waals surface area contributed by atoms with E-state index in [1.165, 1.54) is 30.2 Å². The number of hydrogen-bond donors (Lipinski definition) is 0. The maximum atomic E-state index is 12.3. The number of nitrogens with zero attached hydrogens (tertiary/aromatic N) is 2. The lowest BCUT2D eigenvalue weighted by Gasteiger charge is -2.19. The molecular weight excluding hydrogens is 320 g/mol. The smallest absolute Gasteiger partial charge is 0.311 e. The summed E-state index contributed by atoms with van der Waals surface area (Å²) in [6.45, 7) is 3.70. The third kappa shape index (κ3) is 3.37. The highest BCUT2D eigenvalue weighted by Gasteiger charge is 2.37. The van der Waals surface area contributed by atoms with Crippen LogP contribution >= 0.6 is 11.8 Å². The Bertz CT molecular complexity index is 701. The van der Waals surface area contributed by atoms with E-state index in [1.807, 2.05) is 6.92 Å². The number of benzene rings is 1. The Morgan fingerprint density at radius 2 is 2.13 bits per heavy atom. The normalized spacial score (nSPS) is 17.7. The summed E-state index contributed by atoms with van der Waals surface area (Å²) in [5.74, 6) is -0.229. The van der Waals surface area contributed by atoms with Crippen LogP contribution in [0, 0.1) is 10.1 Å². The predicted molar refractivity (Wildman–Crippen MR) is 87.2 cm³/mol. The summed E-state index contributed by atoms with van der Waals surface area (Å²) >= 11 is 0.842. The third-order valence-electron chi connectivity index (χ3n) is 3.55. The molecule has 122 valence electrons. The van der Waals surface area contributed by atoms with Gasteiger partial charge in [0, 0.05) is 12.1 Å². The molecule has 2 amide bonds. The van der Waals surface area contributed by atoms with Gasteiger partial charge < -0.3 is 4.74 Å². The molecule has 1 atom stereocenters. The molecule has 1 aromatic carbocycles. The van der Waals surface area contributed by atoms with Gasteiger partial charge >= 0.3 is 5.69 Å². The third-order valence-corrected chi connectivity index (χ3v) is 4.44. The first-order valence-electron chi connectivity index (χ1n) is 6.98. The molecule has 0 N–H and O–H groups in total. The van der Waals surface area contributed by atoms with E-state index in [2.05, 4.69) is 0 Å². The summed E-state index contributed by atoms with van der Waals surface area (Å²) in [7, 11) is 1.35. The lowest BCUT2D eigenvalue weighted by Crippen LogP contribution is -2.36. The highest BCUT2D eigenvalue weighted by atomic mass is 32.2. The molecule has 8 heteroatoms. The number of hydrogen-bond acceptors (Lipinski definition) is 6. The van der Waals surface area contributed by atoms with Gasteiger partial charge in [-0.3, -0.25) is 24.6 Å². The largest absolute Gasteiger partial charge is 0.490 e. The molecule has 0 unspecified atom stereocenters. The van der Waals surface area contributed by atoms with Gasteiger partial charge in [0.1, 0.15) is 0 Å². The standard InChI is InChI=1S/C15H16N2O5S/c1-4-9(2)16-14(18)13(23-15(16)19)8-10-5-6-12(22-3)11(7-10)17(20)21/h5-9H,4H2,1-3H3/b13-8+/t9-/m0/s1. The van der Waals surface area contributed by atoms with E-state index in [0.29, 0.717) is 12.0 Å². The number of nitro groups is 1. The Hall–Kier alpha value is -2.35. The zero-order valence-corrected chi connectivity index (χ0v) is 13.8. The van der Waals surface area contributed by atoms with Crippen LogP contribution in [0.5, 0.6) is 5.75 Å². The maximum Gasteiger partial charge on any atom is 0.311 e. The summed E-state index contributed by atoms with van der Waals surface area (Å²) < 4.78 is 4.94. The number of carbonyl (C=O) groups is 2. The number of imide groups is 1. The van der Waals surface area contributed by atoms with Crippen molar-refractivity contribution in [2.75, 3.05) is 7.11 Å². The summed E-state index contributed by atoms with van der Waals surface area (Å²) in [5, 5.41) is 10.7. The first-order valence-corrected chi connectivity index (χ1v) is 7.80. The SMILES string of the molecule is CC[C@H](C)N1C(=O)S/C(=C/c2ccc(OC)c([N+](=O)[O-])c2)C1=O. The zero-order chi connectivity index (χ0) is 17.1. The van der Waals surface area contributed by atoms with Crippen LogP contribution in [0.2, 0.25) is 0 Å². The van der Waals surface area contributed by atoms with Gasteiger partial charge in [-0.2, -0.15) is 0 Å². The molecule has 7 nitrogen and oxygen atoms in total. The summed E-state index contributed by atoms with van der Waals surface area (Å²) in [6, 6.07) is 4.20. The number of thioether (sulfide) groups is 1. The highest BCUT2D eigenvalue weighted by Crippen LogP contribution is 2.35. The van der Waals surface area contributed by atoms with Crippen molar-refractivity contribution in [3.8, 4) is 5.75 Å². The van der Waals surface area contributed by atoms with Crippen molar-refractivity contribution in [3.05, 3.63) is 38.8 Å². The molecule has 0 aromatic heterocycles. The minimum absolute atomic E-state index is 0.139. The minimum Gasteiger partial charge on any atom is -0.490 e. The number of amides is 2. The van der Waals surface area contributed by atoms with Gasteiger partial charge in [0.15, 0.2) is 5.75 Å². The van der Waals surface area contributed by atoms with Crippen LogP contribution in [0.25, 0.3) is 6.08 Å². The average Bonchev–Trinajstić information content (AvgIpc) is 2.80. The molecule has 0 bridgehead atoms. The van der Waals surface area contributed by atoms with Crippen molar-refractivity contribution in [2.45, 2.75) is 26.3 Å². The quantitative estimate of drug-likeness (QED) is 0.465. The van der Waals surface area contributed by atoms with Gasteiger partial charge in [0.25, 0.3) is 11.1 Å². The summed E-state index contributed by atoms with van der Waals surface area (Å²) in [4.78, 5) is 36.2. The van der Waals surface area contributed by atoms with Crippen LogP contribution in [0.4, 0.5) is 10.5 Å². The Morgan fingerprint density at radius 1 is 1.43 bits per heavy atom. The highest BCUT2D eigenvalue weighted by molar-refractivity contribution is 8.18. The van der Waals surface area contributed by atoms with Gasteiger partial charge in [-0.1, -0.05) is 13.0 Å². The number of nitro benzene ring substituents is 1. The fourth-order valence-electron chi connectivity index (χ4n) is 2.13. The molecule has 2 rings (SSSR count). The fourth-order valence-corrected chi connectivity index (χ4v) is 3.06. The van der Waals surface area contributed by atoms with Crippen LogP contribution in [0.3, 0.4) is 0 Å². The van der Waals surface area contributed by atoms with Gasteiger partial charge in [-0.15, -0.1) is 0 Å². The Balaban J connectivity index is 2.36. The number of ether oxygens (including phenoxy) is 1. The zero-order valence-electron chi connectivity index (χ0n) is 12.9. The molecule has 1 heterocycles. The Morgan fingerprint density at radius 3 is 2.70 bits per heavy atom. The minimum atomic E-state index is -0.554. The van der Waals surface area contributed by atoms with E-state index < -0.39 is 4.92 Å². The van der Waals surface area contributed by atoms with Crippen LogP contribution in [-0.2, 0) is 4.79 Å². The topological polar surface area (TPSA) is 89.8 Å². The molecule has 1 aliphatic rings. The second-order valence-corrected chi connectivity index (χ2v) is 5.99. The van der Waals surface area contributed by atoms with Gasteiger partial charge in [-0.25, -0.2) is 0 Å². The lowest BCUT2D eigenvalue weighted by molar-refractivity contribution is -0.385. The first kappa shape index (κ1) is 17.0. The molecule has 0 radical (unpaired) electrons. The van der Waals surface area contributed by atoms with Gasteiger partial charge in [0.2, 0.25) is 0 Å². The summed E-state index contributed by atoms with van der Waals surface area (Å²) in [5.41, 5.74) is 0.273. The Labute approximate surface area is 137 Å². The van der Waals surface area contributed by atoms with Crippen LogP contribution in [0.1, 0.15) is 25.8 Å². The number of carbonyl (C=O) groups excluding carboxylic acids is 2. The monoisotopic (exact) mass is 336 g/mol. The molecular formula is C15H16N2O5S. The van der Waals surface area contributed by atoms with Crippen molar-refractivity contribution in [1.29, 1.82) is 0 Å². The molecule has 1 saturated heterocycles. The van der Waals surface area contributed by atoms with Crippen molar-refractivity contribution < 1.29 is 19.2 Å². The van der Waals surface area contributed by atoms with E-state index in [0.717, 1.165) is 11.8 Å². The van der Waals surface area contributed by atoms with Crippen molar-refractivity contribution in [3.63, 3.8) is 0 Å². The second-order valence-electron chi connectivity index (χ2n) is 5.00. The van der Waals surface area contributed by atoms with Gasteiger partial charge in [-0.05, 0) is 42.8 Å². The number of rotatable bonds is 5. The number of methoxy groups -OCH3 is 1. The summed E-state index contributed by atoms with van der Waals surface area (Å²) in [6.07, 6.45) is 2.15. The second kappa shape index (κ2) is 6.82. The van der Waals surface area contributed by atoms with Crippen LogP contribution < -0.4 is 4.74 Å². The first-order chi connectivity index (χ1) is 10.9. The average molecular weight is 336 g/mol. The fraction of sp³-hybridized carbons (Fsp3) is 0.333. The molecule has 0 saturated carbocycles. The molecule has 1 fully saturated rings.